The van der Waals surface area contributed by atoms with Crippen molar-refractivity contribution < 1.29 is 9.53 Å². The van der Waals surface area contributed by atoms with Crippen LogP contribution in [-0.2, 0) is 9.53 Å². The Hall–Kier alpha value is -0.940. The molecule has 0 aliphatic heterocycles. The Morgan fingerprint density at radius 1 is 1.69 bits per heavy atom. The molecule has 1 rings (SSSR count). The van der Waals surface area contributed by atoms with E-state index in [-0.39, 0.29) is 12.0 Å². The molecule has 1 unspecified atom stereocenters. The van der Waals surface area contributed by atoms with Gasteiger partial charge in [-0.1, -0.05) is 0 Å². The maximum absolute atomic E-state index is 11.6. The summed E-state index contributed by atoms with van der Waals surface area (Å²) in [5.41, 5.74) is 0. The van der Waals surface area contributed by atoms with Gasteiger partial charge in [-0.3, -0.25) is 4.79 Å². The van der Waals surface area contributed by atoms with Gasteiger partial charge in [-0.25, -0.2) is 4.98 Å². The van der Waals surface area contributed by atoms with Crippen LogP contribution in [0.15, 0.2) is 22.8 Å². The van der Waals surface area contributed by atoms with Crippen molar-refractivity contribution >= 4 is 27.7 Å². The maximum Gasteiger partial charge on any atom is 0.225 e. The lowest BCUT2D eigenvalue weighted by molar-refractivity contribution is -0.116. The molecule has 4 nitrogen and oxygen atoms in total. The van der Waals surface area contributed by atoms with Gasteiger partial charge < -0.3 is 10.1 Å². The predicted molar refractivity (Wildman–Crippen MR) is 66.3 cm³/mol. The van der Waals surface area contributed by atoms with E-state index in [1.54, 1.807) is 19.4 Å². The molecule has 0 aliphatic carbocycles. The highest BCUT2D eigenvalue weighted by molar-refractivity contribution is 9.10. The van der Waals surface area contributed by atoms with Crippen molar-refractivity contribution in [2.45, 2.75) is 25.9 Å². The largest absolute Gasteiger partial charge is 0.382 e. The second-order valence-electron chi connectivity index (χ2n) is 3.47. The lowest BCUT2D eigenvalue weighted by atomic mass is 10.2. The van der Waals surface area contributed by atoms with Crippen molar-refractivity contribution in [2.75, 3.05) is 12.4 Å². The Bertz CT molecular complexity index is 358. The number of anilines is 1. The van der Waals surface area contributed by atoms with Crippen LogP contribution >= 0.6 is 15.9 Å². The third-order valence-electron chi connectivity index (χ3n) is 2.20. The van der Waals surface area contributed by atoms with Crippen molar-refractivity contribution in [1.82, 2.24) is 4.98 Å². The number of amides is 1. The van der Waals surface area contributed by atoms with E-state index >= 15 is 0 Å². The zero-order chi connectivity index (χ0) is 12.0. The minimum absolute atomic E-state index is 0.0525. The van der Waals surface area contributed by atoms with Gasteiger partial charge in [-0.15, -0.1) is 0 Å². The number of methoxy groups -OCH3 is 1. The van der Waals surface area contributed by atoms with Crippen LogP contribution in [0.1, 0.15) is 19.8 Å². The van der Waals surface area contributed by atoms with E-state index < -0.39 is 0 Å². The highest BCUT2D eigenvalue weighted by Gasteiger charge is 2.08. The molecule has 1 aromatic heterocycles. The van der Waals surface area contributed by atoms with Gasteiger partial charge in [0.1, 0.15) is 5.82 Å². The van der Waals surface area contributed by atoms with Gasteiger partial charge in [-0.2, -0.15) is 0 Å². The van der Waals surface area contributed by atoms with Gasteiger partial charge in [0.15, 0.2) is 0 Å². The van der Waals surface area contributed by atoms with Crippen molar-refractivity contribution in [3.8, 4) is 0 Å². The number of aromatic nitrogens is 1. The van der Waals surface area contributed by atoms with Crippen LogP contribution < -0.4 is 5.32 Å². The number of rotatable bonds is 5. The number of nitrogens with zero attached hydrogens (tertiary/aromatic N) is 1. The fourth-order valence-corrected chi connectivity index (χ4v) is 1.48. The molecule has 1 aromatic rings. The van der Waals surface area contributed by atoms with Crippen LogP contribution in [0.5, 0.6) is 0 Å². The molecule has 1 atom stereocenters. The summed E-state index contributed by atoms with van der Waals surface area (Å²) in [6.07, 6.45) is 2.86. The van der Waals surface area contributed by atoms with Crippen LogP contribution in [0.2, 0.25) is 0 Å². The Balaban J connectivity index is 2.43. The number of hydrogen-bond donors (Lipinski definition) is 1. The summed E-state index contributed by atoms with van der Waals surface area (Å²) in [6.45, 7) is 1.93. The monoisotopic (exact) mass is 286 g/mol. The molecular weight excluding hydrogens is 272 g/mol. The molecule has 0 saturated heterocycles. The van der Waals surface area contributed by atoms with Gasteiger partial charge in [0.25, 0.3) is 0 Å². The third kappa shape index (κ3) is 4.28. The minimum atomic E-state index is -0.0525. The number of halogens is 1. The number of ether oxygens (including phenoxy) is 1. The molecule has 1 heterocycles. The minimum Gasteiger partial charge on any atom is -0.382 e. The van der Waals surface area contributed by atoms with Gasteiger partial charge in [0.2, 0.25) is 5.91 Å². The summed E-state index contributed by atoms with van der Waals surface area (Å²) >= 11 is 3.32. The molecule has 5 heteroatoms. The molecule has 1 amide bonds. The fourth-order valence-electron chi connectivity index (χ4n) is 1.12. The standard InChI is InChI=1S/C11H15BrN2O2/c1-8(16-2)5-6-10(15)14-11-9(12)4-3-7-13-11/h3-4,7-8H,5-6H2,1-2H3,(H,13,14,15). The Morgan fingerprint density at radius 3 is 3.06 bits per heavy atom. The SMILES string of the molecule is COC(C)CCC(=O)Nc1ncccc1Br. The van der Waals surface area contributed by atoms with E-state index in [1.807, 2.05) is 13.0 Å². The summed E-state index contributed by atoms with van der Waals surface area (Å²) in [5.74, 6) is 0.501. The van der Waals surface area contributed by atoms with Crippen molar-refractivity contribution in [3.63, 3.8) is 0 Å². The average molecular weight is 287 g/mol. The summed E-state index contributed by atoms with van der Waals surface area (Å²) in [7, 11) is 1.64. The van der Waals surface area contributed by atoms with Crippen LogP contribution in [0.25, 0.3) is 0 Å². The first-order valence-corrected chi connectivity index (χ1v) is 5.86. The first kappa shape index (κ1) is 13.1. The van der Waals surface area contributed by atoms with E-state index in [0.717, 1.165) is 4.47 Å². The lowest BCUT2D eigenvalue weighted by Crippen LogP contribution is -2.16. The molecule has 16 heavy (non-hydrogen) atoms. The number of carbonyl (C=O) groups excluding carboxylic acids is 1. The van der Waals surface area contributed by atoms with E-state index in [9.17, 15) is 4.79 Å². The topological polar surface area (TPSA) is 51.2 Å². The van der Waals surface area contributed by atoms with E-state index in [4.69, 9.17) is 4.74 Å². The van der Waals surface area contributed by atoms with Gasteiger partial charge in [-0.05, 0) is 41.4 Å². The average Bonchev–Trinajstić information content (AvgIpc) is 2.29. The number of hydrogen-bond acceptors (Lipinski definition) is 3. The Labute approximate surface area is 104 Å². The molecule has 1 N–H and O–H groups in total. The van der Waals surface area contributed by atoms with Crippen molar-refractivity contribution in [2.24, 2.45) is 0 Å². The molecule has 0 radical (unpaired) electrons. The number of carbonyl (C=O) groups is 1. The molecule has 88 valence electrons. The van der Waals surface area contributed by atoms with Crippen LogP contribution in [-0.4, -0.2) is 24.1 Å². The van der Waals surface area contributed by atoms with Crippen LogP contribution in [0, 0.1) is 0 Å². The highest BCUT2D eigenvalue weighted by Crippen LogP contribution is 2.18. The van der Waals surface area contributed by atoms with Crippen LogP contribution in [0.4, 0.5) is 5.82 Å². The third-order valence-corrected chi connectivity index (χ3v) is 2.84. The van der Waals surface area contributed by atoms with Gasteiger partial charge >= 0.3 is 0 Å². The van der Waals surface area contributed by atoms with Gasteiger partial charge in [0, 0.05) is 19.7 Å². The Kier molecular flexibility index (Phi) is 5.42. The quantitative estimate of drug-likeness (QED) is 0.905. The zero-order valence-corrected chi connectivity index (χ0v) is 11.0. The van der Waals surface area contributed by atoms with E-state index in [1.165, 1.54) is 0 Å². The van der Waals surface area contributed by atoms with Crippen molar-refractivity contribution in [1.29, 1.82) is 0 Å². The van der Waals surface area contributed by atoms with Gasteiger partial charge in [0.05, 0.1) is 10.6 Å². The molecule has 0 fully saturated rings. The second-order valence-corrected chi connectivity index (χ2v) is 4.32. The maximum atomic E-state index is 11.6. The van der Waals surface area contributed by atoms with E-state index in [0.29, 0.717) is 18.7 Å². The molecular formula is C11H15BrN2O2. The summed E-state index contributed by atoms with van der Waals surface area (Å²) in [6, 6.07) is 3.63. The molecule has 0 spiro atoms. The predicted octanol–water partition coefficient (Wildman–Crippen LogP) is 2.60. The second kappa shape index (κ2) is 6.60. The number of nitrogens with one attached hydrogen (secondary N) is 1. The fraction of sp³-hybridized carbons (Fsp3) is 0.455. The van der Waals surface area contributed by atoms with Crippen LogP contribution in [0.3, 0.4) is 0 Å². The molecule has 0 aliphatic rings. The smallest absolute Gasteiger partial charge is 0.225 e. The highest BCUT2D eigenvalue weighted by atomic mass is 79.9. The lowest BCUT2D eigenvalue weighted by Gasteiger charge is -2.09. The summed E-state index contributed by atoms with van der Waals surface area (Å²) in [4.78, 5) is 15.6. The first-order chi connectivity index (χ1) is 7.63. The number of pyridine rings is 1. The normalized spacial score (nSPS) is 12.2. The summed E-state index contributed by atoms with van der Waals surface area (Å²) in [5, 5.41) is 2.74. The van der Waals surface area contributed by atoms with Crippen molar-refractivity contribution in [3.05, 3.63) is 22.8 Å². The first-order valence-electron chi connectivity index (χ1n) is 5.06. The molecule has 0 bridgehead atoms. The van der Waals surface area contributed by atoms with E-state index in [2.05, 4.69) is 26.2 Å². The summed E-state index contributed by atoms with van der Waals surface area (Å²) < 4.78 is 5.85. The molecule has 0 saturated carbocycles. The molecule has 0 aromatic carbocycles. The zero-order valence-electron chi connectivity index (χ0n) is 9.37. The Morgan fingerprint density at radius 2 is 2.44 bits per heavy atom.